The summed E-state index contributed by atoms with van der Waals surface area (Å²) in [5, 5.41) is 6.23. The molecule has 0 spiro atoms. The Kier molecular flexibility index (Phi) is 6.78. The van der Waals surface area contributed by atoms with Gasteiger partial charge in [-0.3, -0.25) is 0 Å². The predicted molar refractivity (Wildman–Crippen MR) is 64.8 cm³/mol. The smallest absolute Gasteiger partial charge is 0.166 e. The number of rotatable bonds is 6. The van der Waals surface area contributed by atoms with Crippen molar-refractivity contribution in [1.82, 2.24) is 10.6 Å². The highest BCUT2D eigenvalue weighted by Crippen LogP contribution is 1.89. The summed E-state index contributed by atoms with van der Waals surface area (Å²) >= 11 is 4.96. The molecule has 0 aliphatic rings. The van der Waals surface area contributed by atoms with Crippen LogP contribution in [-0.2, 0) is 14.6 Å². The predicted octanol–water partition coefficient (Wildman–Crippen LogP) is -0.470. The SMILES string of the molecule is COCCNC(=S)NC(C)CS(C)(=O)=O. The van der Waals surface area contributed by atoms with Crippen molar-refractivity contribution >= 4 is 27.2 Å². The Morgan fingerprint density at radius 2 is 2.13 bits per heavy atom. The van der Waals surface area contributed by atoms with Crippen molar-refractivity contribution in [3.63, 3.8) is 0 Å². The van der Waals surface area contributed by atoms with Gasteiger partial charge < -0.3 is 15.4 Å². The van der Waals surface area contributed by atoms with Gasteiger partial charge in [-0.2, -0.15) is 0 Å². The van der Waals surface area contributed by atoms with E-state index >= 15 is 0 Å². The zero-order valence-corrected chi connectivity index (χ0v) is 10.9. The van der Waals surface area contributed by atoms with Crippen molar-refractivity contribution in [2.24, 2.45) is 0 Å². The second-order valence-corrected chi connectivity index (χ2v) is 5.98. The number of hydrogen-bond donors (Lipinski definition) is 2. The van der Waals surface area contributed by atoms with Gasteiger partial charge in [-0.25, -0.2) is 8.42 Å². The molecule has 2 N–H and O–H groups in total. The Morgan fingerprint density at radius 1 is 1.53 bits per heavy atom. The van der Waals surface area contributed by atoms with E-state index in [1.807, 2.05) is 0 Å². The molecule has 0 aliphatic carbocycles. The van der Waals surface area contributed by atoms with E-state index in [4.69, 9.17) is 17.0 Å². The lowest BCUT2D eigenvalue weighted by molar-refractivity contribution is 0.204. The van der Waals surface area contributed by atoms with Crippen molar-refractivity contribution in [2.45, 2.75) is 13.0 Å². The first-order valence-corrected chi connectivity index (χ1v) is 7.03. The summed E-state index contributed by atoms with van der Waals surface area (Å²) in [7, 11) is -1.37. The summed E-state index contributed by atoms with van der Waals surface area (Å²) in [6, 6.07) is -0.192. The molecule has 1 unspecified atom stereocenters. The number of ether oxygens (including phenoxy) is 1. The molecule has 0 aromatic carbocycles. The molecule has 0 fully saturated rings. The number of sulfone groups is 1. The Hall–Kier alpha value is -0.400. The van der Waals surface area contributed by atoms with E-state index in [9.17, 15) is 8.42 Å². The number of methoxy groups -OCH3 is 1. The molecule has 0 aromatic rings. The fourth-order valence-electron chi connectivity index (χ4n) is 1.04. The topological polar surface area (TPSA) is 67.4 Å². The molecule has 0 amide bonds. The van der Waals surface area contributed by atoms with E-state index in [0.29, 0.717) is 18.3 Å². The van der Waals surface area contributed by atoms with Crippen LogP contribution in [0.2, 0.25) is 0 Å². The monoisotopic (exact) mass is 254 g/mol. The average Bonchev–Trinajstić information content (AvgIpc) is 2.00. The van der Waals surface area contributed by atoms with Crippen LogP contribution < -0.4 is 10.6 Å². The van der Waals surface area contributed by atoms with Gasteiger partial charge in [0.2, 0.25) is 0 Å². The molecule has 5 nitrogen and oxygen atoms in total. The van der Waals surface area contributed by atoms with Gasteiger partial charge in [-0.15, -0.1) is 0 Å². The van der Waals surface area contributed by atoms with Gasteiger partial charge in [0.15, 0.2) is 5.11 Å². The van der Waals surface area contributed by atoms with Crippen LogP contribution in [0.25, 0.3) is 0 Å². The van der Waals surface area contributed by atoms with Gasteiger partial charge in [0.25, 0.3) is 0 Å². The van der Waals surface area contributed by atoms with Crippen LogP contribution in [0.1, 0.15) is 6.92 Å². The standard InChI is InChI=1S/C8H18N2O3S2/c1-7(6-15(3,11)12)10-8(14)9-4-5-13-2/h7H,4-6H2,1-3H3,(H2,9,10,14). The average molecular weight is 254 g/mol. The largest absolute Gasteiger partial charge is 0.383 e. The van der Waals surface area contributed by atoms with E-state index in [1.165, 1.54) is 6.26 Å². The summed E-state index contributed by atoms with van der Waals surface area (Å²) in [4.78, 5) is 0. The summed E-state index contributed by atoms with van der Waals surface area (Å²) in [6.07, 6.45) is 1.20. The number of hydrogen-bond acceptors (Lipinski definition) is 4. The second-order valence-electron chi connectivity index (χ2n) is 3.39. The van der Waals surface area contributed by atoms with E-state index in [0.717, 1.165) is 0 Å². The van der Waals surface area contributed by atoms with Crippen LogP contribution in [0.5, 0.6) is 0 Å². The first kappa shape index (κ1) is 14.6. The third-order valence-corrected chi connectivity index (χ3v) is 2.89. The second kappa shape index (κ2) is 6.97. The van der Waals surface area contributed by atoms with Crippen LogP contribution >= 0.6 is 12.2 Å². The minimum Gasteiger partial charge on any atom is -0.383 e. The van der Waals surface area contributed by atoms with Gasteiger partial charge in [-0.05, 0) is 19.1 Å². The first-order chi connectivity index (χ1) is 6.85. The van der Waals surface area contributed by atoms with Gasteiger partial charge >= 0.3 is 0 Å². The molecule has 15 heavy (non-hydrogen) atoms. The van der Waals surface area contributed by atoms with Gasteiger partial charge in [0.1, 0.15) is 9.84 Å². The lowest BCUT2D eigenvalue weighted by atomic mass is 10.4. The minimum absolute atomic E-state index is 0.0685. The minimum atomic E-state index is -2.97. The van der Waals surface area contributed by atoms with Gasteiger partial charge in [0, 0.05) is 26.0 Å². The van der Waals surface area contributed by atoms with Crippen molar-refractivity contribution in [3.8, 4) is 0 Å². The fraction of sp³-hybridized carbons (Fsp3) is 0.875. The van der Waals surface area contributed by atoms with E-state index in [1.54, 1.807) is 14.0 Å². The quantitative estimate of drug-likeness (QED) is 0.493. The summed E-state index contributed by atoms with van der Waals surface area (Å²) in [5.74, 6) is 0.0685. The summed E-state index contributed by atoms with van der Waals surface area (Å²) in [5.41, 5.74) is 0. The van der Waals surface area contributed by atoms with E-state index < -0.39 is 9.84 Å². The third-order valence-electron chi connectivity index (χ3n) is 1.52. The molecular formula is C8H18N2O3S2. The van der Waals surface area contributed by atoms with E-state index in [-0.39, 0.29) is 11.8 Å². The van der Waals surface area contributed by atoms with Crippen LogP contribution in [0.4, 0.5) is 0 Å². The maximum absolute atomic E-state index is 11.0. The molecule has 0 bridgehead atoms. The van der Waals surface area contributed by atoms with Crippen LogP contribution in [-0.4, -0.2) is 51.8 Å². The molecule has 1 atom stereocenters. The maximum atomic E-state index is 11.0. The highest BCUT2D eigenvalue weighted by atomic mass is 32.2. The Labute approximate surface area is 96.5 Å². The van der Waals surface area contributed by atoms with Crippen molar-refractivity contribution in [3.05, 3.63) is 0 Å². The van der Waals surface area contributed by atoms with Crippen LogP contribution in [0, 0.1) is 0 Å². The Bertz CT molecular complexity index is 290. The summed E-state index contributed by atoms with van der Waals surface area (Å²) < 4.78 is 26.8. The van der Waals surface area contributed by atoms with Gasteiger partial charge in [-0.1, -0.05) is 0 Å². The van der Waals surface area contributed by atoms with Crippen molar-refractivity contribution in [2.75, 3.05) is 32.3 Å². The van der Waals surface area contributed by atoms with Gasteiger partial charge in [0.05, 0.1) is 12.4 Å². The lowest BCUT2D eigenvalue weighted by Gasteiger charge is -2.15. The molecule has 0 rings (SSSR count). The molecule has 0 aliphatic heterocycles. The number of nitrogens with one attached hydrogen (secondary N) is 2. The van der Waals surface area contributed by atoms with Crippen LogP contribution in [0.15, 0.2) is 0 Å². The highest BCUT2D eigenvalue weighted by molar-refractivity contribution is 7.90. The normalized spacial score (nSPS) is 13.3. The highest BCUT2D eigenvalue weighted by Gasteiger charge is 2.10. The molecule has 0 radical (unpaired) electrons. The summed E-state index contributed by atoms with van der Waals surface area (Å²) in [6.45, 7) is 2.93. The number of thiocarbonyl (C=S) groups is 1. The molecule has 0 heterocycles. The fourth-order valence-corrected chi connectivity index (χ4v) is 2.33. The molecule has 0 saturated heterocycles. The first-order valence-electron chi connectivity index (χ1n) is 4.56. The Morgan fingerprint density at radius 3 is 2.60 bits per heavy atom. The lowest BCUT2D eigenvalue weighted by Crippen LogP contribution is -2.44. The van der Waals surface area contributed by atoms with E-state index in [2.05, 4.69) is 10.6 Å². The van der Waals surface area contributed by atoms with Crippen molar-refractivity contribution < 1.29 is 13.2 Å². The molecule has 0 aromatic heterocycles. The Balaban J connectivity index is 3.77. The molecule has 7 heteroatoms. The molecule has 0 saturated carbocycles. The molecule has 90 valence electrons. The zero-order valence-electron chi connectivity index (χ0n) is 9.24. The molecular weight excluding hydrogens is 236 g/mol. The maximum Gasteiger partial charge on any atom is 0.166 e. The zero-order chi connectivity index (χ0) is 11.9. The van der Waals surface area contributed by atoms with Crippen LogP contribution in [0.3, 0.4) is 0 Å². The third kappa shape index (κ3) is 9.89. The van der Waals surface area contributed by atoms with Crippen molar-refractivity contribution in [1.29, 1.82) is 0 Å².